The molecule has 0 aromatic heterocycles. The monoisotopic (exact) mass is 551 g/mol. The van der Waals surface area contributed by atoms with Crippen molar-refractivity contribution in [2.45, 2.75) is 78.0 Å². The summed E-state index contributed by atoms with van der Waals surface area (Å²) >= 11 is 0. The van der Waals surface area contributed by atoms with Gasteiger partial charge in [0.05, 0.1) is 12.9 Å². The second-order valence-corrected chi connectivity index (χ2v) is 12.5. The molecule has 0 radical (unpaired) electrons. The van der Waals surface area contributed by atoms with E-state index < -0.39 is 10.1 Å². The van der Waals surface area contributed by atoms with E-state index in [1.54, 1.807) is 0 Å². The van der Waals surface area contributed by atoms with Crippen LogP contribution in [0.5, 0.6) is 5.75 Å². The Morgan fingerprint density at radius 3 is 2.05 bits per heavy atom. The second-order valence-electron chi connectivity index (χ2n) is 10.8. The number of nitrogens with zero attached hydrogens (tertiary/aromatic N) is 1. The van der Waals surface area contributed by atoms with Gasteiger partial charge in [0.25, 0.3) is 10.1 Å². The second kappa shape index (κ2) is 15.2. The number of benzene rings is 3. The molecule has 0 saturated heterocycles. The van der Waals surface area contributed by atoms with Crippen LogP contribution in [0.3, 0.4) is 0 Å². The molecule has 39 heavy (non-hydrogen) atoms. The minimum atomic E-state index is -3.47. The fourth-order valence-electron chi connectivity index (χ4n) is 5.15. The predicted octanol–water partition coefficient (Wildman–Crippen LogP) is 7.21. The number of ether oxygens (including phenoxy) is 1. The molecule has 212 valence electrons. The Balaban J connectivity index is 1.87. The van der Waals surface area contributed by atoms with Gasteiger partial charge < -0.3 is 4.74 Å². The third-order valence-electron chi connectivity index (χ3n) is 7.06. The molecule has 0 aliphatic rings. The summed E-state index contributed by atoms with van der Waals surface area (Å²) in [4.78, 5) is 2.55. The van der Waals surface area contributed by atoms with E-state index in [0.717, 1.165) is 54.5 Å². The Kier molecular flexibility index (Phi) is 12.0. The highest BCUT2D eigenvalue weighted by atomic mass is 32.2. The SMILES string of the molecule is CC(C)N(CCCCC(c1ccccc1)c1cc(CCOS(C)(=O)=O)ccc1OCc1ccccc1)C(C)C. The Labute approximate surface area is 236 Å². The summed E-state index contributed by atoms with van der Waals surface area (Å²) in [6.07, 6.45) is 4.82. The molecule has 3 aromatic carbocycles. The first-order valence-corrected chi connectivity index (χ1v) is 15.9. The third kappa shape index (κ3) is 10.4. The Bertz CT molecular complexity index is 1220. The number of rotatable bonds is 16. The van der Waals surface area contributed by atoms with Gasteiger partial charge in [0.1, 0.15) is 12.4 Å². The molecule has 3 rings (SSSR count). The van der Waals surface area contributed by atoms with Crippen LogP contribution in [0.25, 0.3) is 0 Å². The highest BCUT2D eigenvalue weighted by molar-refractivity contribution is 7.85. The lowest BCUT2D eigenvalue weighted by atomic mass is 9.85. The summed E-state index contributed by atoms with van der Waals surface area (Å²) in [5.41, 5.74) is 4.55. The molecule has 0 spiro atoms. The first-order chi connectivity index (χ1) is 18.6. The zero-order valence-electron chi connectivity index (χ0n) is 24.2. The number of hydrogen-bond acceptors (Lipinski definition) is 5. The van der Waals surface area contributed by atoms with Gasteiger partial charge in [0.15, 0.2) is 0 Å². The summed E-state index contributed by atoms with van der Waals surface area (Å²) in [5.74, 6) is 1.03. The summed E-state index contributed by atoms with van der Waals surface area (Å²) < 4.78 is 34.4. The first-order valence-electron chi connectivity index (χ1n) is 14.1. The largest absolute Gasteiger partial charge is 0.489 e. The molecule has 1 unspecified atom stereocenters. The average Bonchev–Trinajstić information content (AvgIpc) is 2.90. The van der Waals surface area contributed by atoms with Gasteiger partial charge in [-0.25, -0.2) is 0 Å². The van der Waals surface area contributed by atoms with E-state index in [2.05, 4.69) is 81.1 Å². The molecule has 5 nitrogen and oxygen atoms in total. The van der Waals surface area contributed by atoms with Gasteiger partial charge in [-0.2, -0.15) is 8.42 Å². The number of unbranched alkanes of at least 4 members (excludes halogenated alkanes) is 1. The van der Waals surface area contributed by atoms with Crippen LogP contribution in [0, 0.1) is 0 Å². The third-order valence-corrected chi connectivity index (χ3v) is 7.66. The van der Waals surface area contributed by atoms with Crippen molar-refractivity contribution in [2.75, 3.05) is 19.4 Å². The van der Waals surface area contributed by atoms with Crippen LogP contribution in [0.4, 0.5) is 0 Å². The smallest absolute Gasteiger partial charge is 0.264 e. The van der Waals surface area contributed by atoms with Crippen LogP contribution in [-0.4, -0.2) is 44.8 Å². The van der Waals surface area contributed by atoms with Crippen LogP contribution in [0.1, 0.15) is 75.1 Å². The Hall–Kier alpha value is -2.67. The zero-order valence-corrected chi connectivity index (χ0v) is 25.0. The van der Waals surface area contributed by atoms with Crippen molar-refractivity contribution in [2.24, 2.45) is 0 Å². The van der Waals surface area contributed by atoms with Gasteiger partial charge in [-0.05, 0) is 76.3 Å². The summed E-state index contributed by atoms with van der Waals surface area (Å²) in [5, 5.41) is 0. The molecule has 0 bridgehead atoms. The van der Waals surface area contributed by atoms with Gasteiger partial charge in [0, 0.05) is 23.6 Å². The molecule has 0 N–H and O–H groups in total. The van der Waals surface area contributed by atoms with E-state index in [0.29, 0.717) is 25.1 Å². The van der Waals surface area contributed by atoms with Crippen molar-refractivity contribution in [3.63, 3.8) is 0 Å². The zero-order chi connectivity index (χ0) is 28.3. The average molecular weight is 552 g/mol. The van der Waals surface area contributed by atoms with Crippen LogP contribution < -0.4 is 4.74 Å². The Morgan fingerprint density at radius 2 is 1.44 bits per heavy atom. The van der Waals surface area contributed by atoms with Crippen molar-refractivity contribution in [1.82, 2.24) is 4.90 Å². The lowest BCUT2D eigenvalue weighted by Crippen LogP contribution is -2.37. The van der Waals surface area contributed by atoms with E-state index in [1.807, 2.05) is 30.3 Å². The maximum absolute atomic E-state index is 11.5. The molecule has 6 heteroatoms. The fourth-order valence-corrected chi connectivity index (χ4v) is 5.53. The fraction of sp³-hybridized carbons (Fsp3) is 0.455. The minimum Gasteiger partial charge on any atom is -0.489 e. The summed E-state index contributed by atoms with van der Waals surface area (Å²) in [6, 6.07) is 28.1. The molecule has 0 fully saturated rings. The molecular formula is C33H45NO4S. The Morgan fingerprint density at radius 1 is 0.795 bits per heavy atom. The molecule has 0 amide bonds. The summed E-state index contributed by atoms with van der Waals surface area (Å²) in [6.45, 7) is 10.8. The van der Waals surface area contributed by atoms with Gasteiger partial charge in [0.2, 0.25) is 0 Å². The molecule has 0 heterocycles. The van der Waals surface area contributed by atoms with E-state index >= 15 is 0 Å². The van der Waals surface area contributed by atoms with E-state index in [4.69, 9.17) is 8.92 Å². The van der Waals surface area contributed by atoms with E-state index in [9.17, 15) is 8.42 Å². The standard InChI is InChI=1S/C33H45NO4S/c1-26(2)34(27(3)4)22-13-12-18-31(30-16-10-7-11-17-30)32-24-28(21-23-38-39(5,35)36)19-20-33(32)37-25-29-14-8-6-9-15-29/h6-11,14-17,19-20,24,26-27,31H,12-13,18,21-23,25H2,1-5H3. The first kappa shape index (κ1) is 30.9. The van der Waals surface area contributed by atoms with Crippen LogP contribution in [0.2, 0.25) is 0 Å². The van der Waals surface area contributed by atoms with E-state index in [1.165, 1.54) is 5.56 Å². The van der Waals surface area contributed by atoms with Gasteiger partial charge >= 0.3 is 0 Å². The van der Waals surface area contributed by atoms with Crippen LogP contribution in [-0.2, 0) is 27.3 Å². The van der Waals surface area contributed by atoms with Crippen molar-refractivity contribution < 1.29 is 17.3 Å². The topological polar surface area (TPSA) is 55.8 Å². The summed E-state index contributed by atoms with van der Waals surface area (Å²) in [7, 11) is -3.47. The molecule has 0 aliphatic carbocycles. The lowest BCUT2D eigenvalue weighted by Gasteiger charge is -2.30. The van der Waals surface area contributed by atoms with Gasteiger partial charge in [-0.3, -0.25) is 9.08 Å². The lowest BCUT2D eigenvalue weighted by molar-refractivity contribution is 0.171. The maximum atomic E-state index is 11.5. The normalized spacial score (nSPS) is 12.8. The highest BCUT2D eigenvalue weighted by Gasteiger charge is 2.20. The maximum Gasteiger partial charge on any atom is 0.264 e. The molecule has 0 aliphatic heterocycles. The molecule has 1 atom stereocenters. The van der Waals surface area contributed by atoms with Gasteiger partial charge in [-0.1, -0.05) is 79.2 Å². The van der Waals surface area contributed by atoms with Crippen LogP contribution >= 0.6 is 0 Å². The van der Waals surface area contributed by atoms with Crippen molar-refractivity contribution in [3.05, 3.63) is 101 Å². The predicted molar refractivity (Wildman–Crippen MR) is 161 cm³/mol. The van der Waals surface area contributed by atoms with E-state index in [-0.39, 0.29) is 12.5 Å². The van der Waals surface area contributed by atoms with Crippen LogP contribution in [0.15, 0.2) is 78.9 Å². The number of hydrogen-bond donors (Lipinski definition) is 0. The quantitative estimate of drug-likeness (QED) is 0.139. The minimum absolute atomic E-state index is 0.124. The molecule has 0 saturated carbocycles. The molecule has 3 aromatic rings. The molecular weight excluding hydrogens is 506 g/mol. The van der Waals surface area contributed by atoms with Crippen molar-refractivity contribution >= 4 is 10.1 Å². The highest BCUT2D eigenvalue weighted by Crippen LogP contribution is 2.37. The van der Waals surface area contributed by atoms with Crippen molar-refractivity contribution in [3.8, 4) is 5.75 Å². The van der Waals surface area contributed by atoms with Crippen molar-refractivity contribution in [1.29, 1.82) is 0 Å². The van der Waals surface area contributed by atoms with Gasteiger partial charge in [-0.15, -0.1) is 0 Å².